The fraction of sp³-hybridized carbons (Fsp3) is 0.300. The molecule has 4 N–H and O–H groups in total. The van der Waals surface area contributed by atoms with Gasteiger partial charge in [-0.05, 0) is 6.07 Å². The van der Waals surface area contributed by atoms with Gasteiger partial charge in [-0.1, -0.05) is 13.0 Å². The number of nitro groups is 1. The molecule has 1 aromatic carbocycles. The van der Waals surface area contributed by atoms with Gasteiger partial charge in [0, 0.05) is 18.5 Å². The quantitative estimate of drug-likeness (QED) is 0.408. The van der Waals surface area contributed by atoms with Crippen LogP contribution in [0.2, 0.25) is 0 Å². The summed E-state index contributed by atoms with van der Waals surface area (Å²) in [6.45, 7) is 1.70. The molecule has 1 unspecified atom stereocenters. The van der Waals surface area contributed by atoms with Gasteiger partial charge in [-0.2, -0.15) is 0 Å². The first-order valence-corrected chi connectivity index (χ1v) is 4.94. The lowest BCUT2D eigenvalue weighted by Crippen LogP contribution is -2.27. The fourth-order valence-electron chi connectivity index (χ4n) is 1.16. The van der Waals surface area contributed by atoms with Crippen molar-refractivity contribution in [2.45, 2.75) is 6.92 Å². The summed E-state index contributed by atoms with van der Waals surface area (Å²) in [6, 6.07) is 3.79. The summed E-state index contributed by atoms with van der Waals surface area (Å²) >= 11 is 0. The summed E-state index contributed by atoms with van der Waals surface area (Å²) in [5.41, 5.74) is 4.74. The van der Waals surface area contributed by atoms with Crippen LogP contribution in [0.4, 0.5) is 11.4 Å². The Kier molecular flexibility index (Phi) is 4.00. The molecule has 1 atom stereocenters. The van der Waals surface area contributed by atoms with Gasteiger partial charge in [-0.25, -0.2) is 0 Å². The molecular weight excluding hydrogens is 226 g/mol. The van der Waals surface area contributed by atoms with Crippen molar-refractivity contribution in [3.63, 3.8) is 0 Å². The highest BCUT2D eigenvalue weighted by atomic mass is 16.6. The molecular formula is C10H13N3O4. The molecule has 0 heterocycles. The Labute approximate surface area is 97.4 Å². The number of benzene rings is 1. The molecule has 0 aliphatic heterocycles. The van der Waals surface area contributed by atoms with Gasteiger partial charge in [0.25, 0.3) is 5.69 Å². The van der Waals surface area contributed by atoms with Crippen LogP contribution in [0.25, 0.3) is 0 Å². The van der Waals surface area contributed by atoms with Crippen LogP contribution in [0.3, 0.4) is 0 Å². The van der Waals surface area contributed by atoms with E-state index in [4.69, 9.17) is 5.73 Å². The summed E-state index contributed by atoms with van der Waals surface area (Å²) in [7, 11) is 0. The number of phenolic OH excluding ortho intramolecular Hbond substituents is 1. The van der Waals surface area contributed by atoms with Gasteiger partial charge < -0.3 is 16.2 Å². The Hall–Kier alpha value is -2.15. The first kappa shape index (κ1) is 12.9. The number of nitrogens with one attached hydrogen (secondary N) is 1. The van der Waals surface area contributed by atoms with Crippen LogP contribution >= 0.6 is 0 Å². The minimum absolute atomic E-state index is 0.118. The summed E-state index contributed by atoms with van der Waals surface area (Å²) in [5, 5.41) is 22.5. The van der Waals surface area contributed by atoms with Gasteiger partial charge in [0.2, 0.25) is 5.91 Å². The van der Waals surface area contributed by atoms with Crippen LogP contribution < -0.4 is 11.1 Å². The number of para-hydroxylation sites is 1. The fourth-order valence-corrected chi connectivity index (χ4v) is 1.16. The number of nitrogens with zero attached hydrogens (tertiary/aromatic N) is 1. The van der Waals surface area contributed by atoms with Crippen LogP contribution in [0.15, 0.2) is 18.2 Å². The minimum Gasteiger partial charge on any atom is -0.505 e. The van der Waals surface area contributed by atoms with Crippen molar-refractivity contribution in [3.8, 4) is 5.75 Å². The maximum atomic E-state index is 11.5. The normalized spacial score (nSPS) is 11.9. The maximum absolute atomic E-state index is 11.5. The van der Waals surface area contributed by atoms with Gasteiger partial charge in [0.1, 0.15) is 5.75 Å². The van der Waals surface area contributed by atoms with Crippen LogP contribution in [0.1, 0.15) is 6.92 Å². The summed E-state index contributed by atoms with van der Waals surface area (Å²) in [4.78, 5) is 21.6. The zero-order valence-corrected chi connectivity index (χ0v) is 9.21. The zero-order valence-electron chi connectivity index (χ0n) is 9.21. The number of carbonyl (C=O) groups is 1. The van der Waals surface area contributed by atoms with Crippen molar-refractivity contribution in [1.82, 2.24) is 0 Å². The van der Waals surface area contributed by atoms with Crippen LogP contribution in [0.5, 0.6) is 5.75 Å². The summed E-state index contributed by atoms with van der Waals surface area (Å²) in [5.74, 6) is -1.32. The standard InChI is InChI=1S/C10H13N3O4/c1-6(5-11)10(15)12-9-7(13(16)17)3-2-4-8(9)14/h2-4,6,14H,5,11H2,1H3,(H,12,15). The Morgan fingerprint density at radius 1 is 1.65 bits per heavy atom. The highest BCUT2D eigenvalue weighted by Crippen LogP contribution is 2.33. The lowest BCUT2D eigenvalue weighted by Gasteiger charge is -2.11. The molecule has 0 aliphatic carbocycles. The lowest BCUT2D eigenvalue weighted by atomic mass is 10.1. The number of carbonyl (C=O) groups excluding carboxylic acids is 1. The second kappa shape index (κ2) is 5.26. The highest BCUT2D eigenvalue weighted by molar-refractivity contribution is 5.96. The predicted octanol–water partition coefficient (Wildman–Crippen LogP) is 0.834. The summed E-state index contributed by atoms with van der Waals surface area (Å²) < 4.78 is 0. The number of nitrogens with two attached hydrogens (primary N) is 1. The van der Waals surface area contributed by atoms with Gasteiger partial charge in [0.05, 0.1) is 4.92 Å². The van der Waals surface area contributed by atoms with E-state index in [1.54, 1.807) is 6.92 Å². The molecule has 0 bridgehead atoms. The van der Waals surface area contributed by atoms with Crippen molar-refractivity contribution < 1.29 is 14.8 Å². The molecule has 1 aromatic rings. The first-order valence-electron chi connectivity index (χ1n) is 4.94. The lowest BCUT2D eigenvalue weighted by molar-refractivity contribution is -0.384. The predicted molar refractivity (Wildman–Crippen MR) is 61.6 cm³/mol. The largest absolute Gasteiger partial charge is 0.505 e. The molecule has 0 saturated carbocycles. The third kappa shape index (κ3) is 2.91. The number of rotatable bonds is 4. The van der Waals surface area contributed by atoms with E-state index in [9.17, 15) is 20.0 Å². The van der Waals surface area contributed by atoms with Crippen molar-refractivity contribution >= 4 is 17.3 Å². The van der Waals surface area contributed by atoms with Crippen molar-refractivity contribution in [2.75, 3.05) is 11.9 Å². The van der Waals surface area contributed by atoms with E-state index in [0.29, 0.717) is 0 Å². The molecule has 0 spiro atoms. The average Bonchev–Trinajstić information content (AvgIpc) is 2.30. The number of aromatic hydroxyl groups is 1. The molecule has 1 rings (SSSR count). The van der Waals surface area contributed by atoms with Crippen molar-refractivity contribution in [2.24, 2.45) is 11.7 Å². The average molecular weight is 239 g/mol. The molecule has 1 amide bonds. The maximum Gasteiger partial charge on any atom is 0.296 e. The number of anilines is 1. The Bertz CT molecular complexity index is 447. The second-order valence-electron chi connectivity index (χ2n) is 3.55. The first-order chi connectivity index (χ1) is 7.97. The van der Waals surface area contributed by atoms with Crippen molar-refractivity contribution in [3.05, 3.63) is 28.3 Å². The minimum atomic E-state index is -0.678. The number of hydrogen-bond acceptors (Lipinski definition) is 5. The second-order valence-corrected chi connectivity index (χ2v) is 3.55. The van der Waals surface area contributed by atoms with E-state index in [1.807, 2.05) is 0 Å². The molecule has 0 aliphatic rings. The number of phenols is 1. The molecule has 7 nitrogen and oxygen atoms in total. The third-order valence-corrected chi connectivity index (χ3v) is 2.27. The molecule has 0 saturated heterocycles. The third-order valence-electron chi connectivity index (χ3n) is 2.27. The smallest absolute Gasteiger partial charge is 0.296 e. The monoisotopic (exact) mass is 239 g/mol. The molecule has 0 aromatic heterocycles. The van der Waals surface area contributed by atoms with Crippen LogP contribution in [0, 0.1) is 16.0 Å². The van der Waals surface area contributed by atoms with Gasteiger partial charge in [-0.3, -0.25) is 14.9 Å². The van der Waals surface area contributed by atoms with E-state index < -0.39 is 16.7 Å². The Balaban J connectivity index is 3.05. The van der Waals surface area contributed by atoms with E-state index in [2.05, 4.69) is 5.32 Å². The van der Waals surface area contributed by atoms with E-state index in [0.717, 1.165) is 0 Å². The Morgan fingerprint density at radius 3 is 2.82 bits per heavy atom. The van der Waals surface area contributed by atoms with Crippen LogP contribution in [-0.2, 0) is 4.79 Å². The van der Waals surface area contributed by atoms with E-state index >= 15 is 0 Å². The van der Waals surface area contributed by atoms with E-state index in [1.165, 1.54) is 18.2 Å². The van der Waals surface area contributed by atoms with Gasteiger partial charge in [-0.15, -0.1) is 0 Å². The van der Waals surface area contributed by atoms with E-state index in [-0.39, 0.29) is 23.7 Å². The Morgan fingerprint density at radius 2 is 2.29 bits per heavy atom. The topological polar surface area (TPSA) is 118 Å². The SMILES string of the molecule is CC(CN)C(=O)Nc1c(O)cccc1[N+](=O)[O-]. The molecule has 0 radical (unpaired) electrons. The zero-order chi connectivity index (χ0) is 13.0. The molecule has 17 heavy (non-hydrogen) atoms. The number of amides is 1. The van der Waals surface area contributed by atoms with Gasteiger partial charge >= 0.3 is 0 Å². The number of hydrogen-bond donors (Lipinski definition) is 3. The molecule has 7 heteroatoms. The summed E-state index contributed by atoms with van der Waals surface area (Å²) in [6.07, 6.45) is 0. The van der Waals surface area contributed by atoms with Crippen molar-refractivity contribution in [1.29, 1.82) is 0 Å². The van der Waals surface area contributed by atoms with Crippen LogP contribution in [-0.4, -0.2) is 22.5 Å². The molecule has 0 fully saturated rings. The highest BCUT2D eigenvalue weighted by Gasteiger charge is 2.21. The molecule has 92 valence electrons. The number of nitro benzene ring substituents is 1. The van der Waals surface area contributed by atoms with Gasteiger partial charge in [0.15, 0.2) is 5.69 Å².